The summed E-state index contributed by atoms with van der Waals surface area (Å²) >= 11 is 0. The molecular formula is C19H26N6. The highest BCUT2D eigenvalue weighted by atomic mass is 15.2. The van der Waals surface area contributed by atoms with Crippen molar-refractivity contribution in [2.24, 2.45) is 13.0 Å². The number of pyridine rings is 1. The molecule has 4 heterocycles. The predicted molar refractivity (Wildman–Crippen MR) is 98.2 cm³/mol. The maximum absolute atomic E-state index is 4.67. The summed E-state index contributed by atoms with van der Waals surface area (Å²) in [5.41, 5.74) is 3.40. The zero-order chi connectivity index (χ0) is 17.2. The lowest BCUT2D eigenvalue weighted by Crippen LogP contribution is -2.41. The van der Waals surface area contributed by atoms with E-state index in [9.17, 15) is 0 Å². The molecule has 0 bridgehead atoms. The highest BCUT2D eigenvalue weighted by molar-refractivity contribution is 5.39. The Hall–Kier alpha value is -2.18. The number of nitrogens with one attached hydrogen (secondary N) is 1. The maximum Gasteiger partial charge on any atom is 0.137 e. The number of hydrogen-bond acceptors (Lipinski definition) is 4. The number of likely N-dealkylation sites (tertiary alicyclic amines) is 1. The van der Waals surface area contributed by atoms with Gasteiger partial charge in [0, 0.05) is 38.7 Å². The van der Waals surface area contributed by atoms with Gasteiger partial charge in [0.1, 0.15) is 5.65 Å². The summed E-state index contributed by atoms with van der Waals surface area (Å²) in [5, 5.41) is 3.63. The highest BCUT2D eigenvalue weighted by Crippen LogP contribution is 2.34. The van der Waals surface area contributed by atoms with Gasteiger partial charge >= 0.3 is 0 Å². The van der Waals surface area contributed by atoms with Crippen LogP contribution in [0.5, 0.6) is 0 Å². The summed E-state index contributed by atoms with van der Waals surface area (Å²) in [6.07, 6.45) is 10.6. The van der Waals surface area contributed by atoms with E-state index in [0.29, 0.717) is 12.0 Å². The van der Waals surface area contributed by atoms with Crippen molar-refractivity contribution in [1.82, 2.24) is 29.2 Å². The fourth-order valence-corrected chi connectivity index (χ4v) is 4.05. The number of aromatic nitrogens is 4. The summed E-state index contributed by atoms with van der Waals surface area (Å²) in [7, 11) is 4.32. The molecule has 6 nitrogen and oxygen atoms in total. The van der Waals surface area contributed by atoms with E-state index < -0.39 is 0 Å². The first kappa shape index (κ1) is 16.3. The number of imidazole rings is 2. The van der Waals surface area contributed by atoms with Gasteiger partial charge in [-0.05, 0) is 44.5 Å². The average molecular weight is 338 g/mol. The molecule has 6 heteroatoms. The second kappa shape index (κ2) is 6.98. The van der Waals surface area contributed by atoms with Crippen LogP contribution in [0.2, 0.25) is 0 Å². The Morgan fingerprint density at radius 1 is 1.28 bits per heavy atom. The lowest BCUT2D eigenvalue weighted by atomic mass is 9.87. The second-order valence-corrected chi connectivity index (χ2v) is 7.09. The van der Waals surface area contributed by atoms with Crippen LogP contribution in [0.1, 0.15) is 30.3 Å². The van der Waals surface area contributed by atoms with Crippen molar-refractivity contribution in [2.75, 3.05) is 20.1 Å². The molecule has 3 aromatic heterocycles. The van der Waals surface area contributed by atoms with Gasteiger partial charge in [-0.25, -0.2) is 9.97 Å². The zero-order valence-electron chi connectivity index (χ0n) is 15.0. The number of nitrogens with zero attached hydrogens (tertiary/aromatic N) is 5. The number of aryl methyl sites for hydroxylation is 1. The van der Waals surface area contributed by atoms with Crippen LogP contribution in [0.25, 0.3) is 5.65 Å². The Kier molecular flexibility index (Phi) is 4.55. The minimum absolute atomic E-state index is 0.426. The zero-order valence-corrected chi connectivity index (χ0v) is 15.0. The molecule has 0 aromatic carbocycles. The molecule has 0 radical (unpaired) electrons. The third-order valence-corrected chi connectivity index (χ3v) is 5.29. The largest absolute Gasteiger partial charge is 0.336 e. The topological polar surface area (TPSA) is 50.4 Å². The Bertz CT molecular complexity index is 802. The van der Waals surface area contributed by atoms with Gasteiger partial charge in [0.2, 0.25) is 0 Å². The van der Waals surface area contributed by atoms with Crippen LogP contribution in [-0.2, 0) is 13.6 Å². The SMILES string of the molecule is CN1CCC[C@@H](CNCc2cn3ccccc3n2)[C@@H]1c1cncn1C. The molecule has 25 heavy (non-hydrogen) atoms. The standard InChI is InChI=1S/C19H26N6/c1-23-8-5-6-15(19(23)17-12-21-14-24(17)2)10-20-11-16-13-25-9-4-3-7-18(25)22-16/h3-4,7,9,12-15,19-20H,5-6,8,10-11H2,1-2H3/t15-,19+/m0/s1. The lowest BCUT2D eigenvalue weighted by Gasteiger charge is -2.39. The molecule has 0 unspecified atom stereocenters. The average Bonchev–Trinajstić information content (AvgIpc) is 3.21. The van der Waals surface area contributed by atoms with Crippen molar-refractivity contribution >= 4 is 5.65 Å². The molecule has 1 aliphatic heterocycles. The first-order valence-electron chi connectivity index (χ1n) is 9.02. The quantitative estimate of drug-likeness (QED) is 0.775. The fourth-order valence-electron chi connectivity index (χ4n) is 4.05. The maximum atomic E-state index is 4.67. The Labute approximate surface area is 148 Å². The molecule has 0 aliphatic carbocycles. The minimum atomic E-state index is 0.426. The van der Waals surface area contributed by atoms with Crippen molar-refractivity contribution in [3.63, 3.8) is 0 Å². The highest BCUT2D eigenvalue weighted by Gasteiger charge is 2.31. The summed E-state index contributed by atoms with van der Waals surface area (Å²) in [4.78, 5) is 11.5. The molecule has 2 atom stereocenters. The van der Waals surface area contributed by atoms with Crippen LogP contribution in [0.4, 0.5) is 0 Å². The Morgan fingerprint density at radius 3 is 3.00 bits per heavy atom. The molecule has 1 fully saturated rings. The number of piperidine rings is 1. The first-order chi connectivity index (χ1) is 12.2. The number of fused-ring (bicyclic) bond motifs is 1. The summed E-state index contributed by atoms with van der Waals surface area (Å²) < 4.78 is 4.23. The molecule has 4 rings (SSSR count). The molecule has 3 aromatic rings. The van der Waals surface area contributed by atoms with Crippen LogP contribution in [0, 0.1) is 5.92 Å². The minimum Gasteiger partial charge on any atom is -0.336 e. The van der Waals surface area contributed by atoms with Crippen LogP contribution < -0.4 is 5.32 Å². The van der Waals surface area contributed by atoms with E-state index in [-0.39, 0.29) is 0 Å². The van der Waals surface area contributed by atoms with Crippen LogP contribution in [-0.4, -0.2) is 44.0 Å². The summed E-state index contributed by atoms with van der Waals surface area (Å²) in [6, 6.07) is 6.52. The molecule has 1 saturated heterocycles. The van der Waals surface area contributed by atoms with Gasteiger partial charge in [0.05, 0.1) is 23.8 Å². The van der Waals surface area contributed by atoms with E-state index in [4.69, 9.17) is 0 Å². The molecular weight excluding hydrogens is 312 g/mol. The van der Waals surface area contributed by atoms with Crippen molar-refractivity contribution in [2.45, 2.75) is 25.4 Å². The molecule has 0 spiro atoms. The smallest absolute Gasteiger partial charge is 0.137 e. The first-order valence-corrected chi connectivity index (χ1v) is 9.02. The Balaban J connectivity index is 1.42. The normalized spacial score (nSPS) is 21.8. The predicted octanol–water partition coefficient (Wildman–Crippen LogP) is 2.24. The molecule has 0 saturated carbocycles. The third-order valence-electron chi connectivity index (χ3n) is 5.29. The lowest BCUT2D eigenvalue weighted by molar-refractivity contribution is 0.113. The van der Waals surface area contributed by atoms with Gasteiger partial charge in [-0.3, -0.25) is 4.90 Å². The van der Waals surface area contributed by atoms with Gasteiger partial charge in [0.15, 0.2) is 0 Å². The van der Waals surface area contributed by atoms with Crippen molar-refractivity contribution < 1.29 is 0 Å². The van der Waals surface area contributed by atoms with E-state index >= 15 is 0 Å². The van der Waals surface area contributed by atoms with E-state index in [1.54, 1.807) is 0 Å². The van der Waals surface area contributed by atoms with Gasteiger partial charge in [0.25, 0.3) is 0 Å². The summed E-state index contributed by atoms with van der Waals surface area (Å²) in [6.45, 7) is 2.95. The van der Waals surface area contributed by atoms with Gasteiger partial charge in [-0.15, -0.1) is 0 Å². The van der Waals surface area contributed by atoms with Crippen LogP contribution in [0.3, 0.4) is 0 Å². The van der Waals surface area contributed by atoms with E-state index in [2.05, 4.69) is 49.4 Å². The monoisotopic (exact) mass is 338 g/mol. The van der Waals surface area contributed by atoms with Crippen molar-refractivity contribution in [3.8, 4) is 0 Å². The number of rotatable bonds is 5. The fraction of sp³-hybridized carbons (Fsp3) is 0.474. The van der Waals surface area contributed by atoms with E-state index in [1.807, 2.05) is 36.9 Å². The van der Waals surface area contributed by atoms with Gasteiger partial charge < -0.3 is 14.3 Å². The van der Waals surface area contributed by atoms with Gasteiger partial charge in [-0.2, -0.15) is 0 Å². The van der Waals surface area contributed by atoms with E-state index in [1.165, 1.54) is 18.5 Å². The van der Waals surface area contributed by atoms with E-state index in [0.717, 1.165) is 31.0 Å². The van der Waals surface area contributed by atoms with Crippen molar-refractivity contribution in [1.29, 1.82) is 0 Å². The summed E-state index contributed by atoms with van der Waals surface area (Å²) in [5.74, 6) is 0.589. The molecule has 1 aliphatic rings. The third kappa shape index (κ3) is 3.32. The molecule has 1 N–H and O–H groups in total. The molecule has 132 valence electrons. The second-order valence-electron chi connectivity index (χ2n) is 7.09. The number of hydrogen-bond donors (Lipinski definition) is 1. The Morgan fingerprint density at radius 2 is 2.20 bits per heavy atom. The molecule has 0 amide bonds. The van der Waals surface area contributed by atoms with Crippen LogP contribution >= 0.6 is 0 Å². The van der Waals surface area contributed by atoms with Crippen LogP contribution in [0.15, 0.2) is 43.1 Å². The van der Waals surface area contributed by atoms with Crippen molar-refractivity contribution in [3.05, 3.63) is 54.5 Å². The van der Waals surface area contributed by atoms with Gasteiger partial charge in [-0.1, -0.05) is 6.07 Å².